The highest BCUT2D eigenvalue weighted by Gasteiger charge is 2.31. The van der Waals surface area contributed by atoms with E-state index >= 15 is 0 Å². The van der Waals surface area contributed by atoms with E-state index in [2.05, 4.69) is 60.2 Å². The van der Waals surface area contributed by atoms with Crippen molar-refractivity contribution in [2.24, 2.45) is 0 Å². The average Bonchev–Trinajstić information content (AvgIpc) is 2.96. The van der Waals surface area contributed by atoms with Crippen LogP contribution >= 0.6 is 11.3 Å². The van der Waals surface area contributed by atoms with Crippen LogP contribution in [0.15, 0.2) is 17.5 Å². The zero-order chi connectivity index (χ0) is 16.1. The number of carbonyl (C=O) groups excluding carboxylic acids is 1. The van der Waals surface area contributed by atoms with Crippen molar-refractivity contribution in [3.8, 4) is 0 Å². The quantitative estimate of drug-likeness (QED) is 0.803. The largest absolute Gasteiger partial charge is 0.340 e. The van der Waals surface area contributed by atoms with Gasteiger partial charge in [0.1, 0.15) is 0 Å². The first-order valence-electron chi connectivity index (χ1n) is 8.18. The van der Waals surface area contributed by atoms with Gasteiger partial charge in [-0.3, -0.25) is 9.69 Å². The Balaban J connectivity index is 1.83. The lowest BCUT2D eigenvalue weighted by Gasteiger charge is -2.44. The summed E-state index contributed by atoms with van der Waals surface area (Å²) in [6, 6.07) is 5.05. The summed E-state index contributed by atoms with van der Waals surface area (Å²) >= 11 is 1.74. The number of nitrogens with zero attached hydrogens (tertiary/aromatic N) is 3. The number of aryl methyl sites for hydroxylation is 1. The summed E-state index contributed by atoms with van der Waals surface area (Å²) in [5, 5.41) is 2.08. The average molecular weight is 324 g/mol. The van der Waals surface area contributed by atoms with E-state index in [1.807, 2.05) is 0 Å². The van der Waals surface area contributed by atoms with Crippen molar-refractivity contribution in [2.75, 3.05) is 40.3 Å². The van der Waals surface area contributed by atoms with Crippen LogP contribution in [0.25, 0.3) is 0 Å². The van der Waals surface area contributed by atoms with Crippen molar-refractivity contribution in [1.82, 2.24) is 14.7 Å². The summed E-state index contributed by atoms with van der Waals surface area (Å²) < 4.78 is 0. The number of rotatable bonds is 6. The van der Waals surface area contributed by atoms with Crippen LogP contribution in [0.3, 0.4) is 0 Å². The van der Waals surface area contributed by atoms with Crippen LogP contribution in [0.1, 0.15) is 25.1 Å². The van der Waals surface area contributed by atoms with E-state index in [9.17, 15) is 4.79 Å². The monoisotopic (exact) mass is 323 g/mol. The van der Waals surface area contributed by atoms with E-state index in [1.165, 1.54) is 4.88 Å². The Labute approximate surface area is 138 Å². The van der Waals surface area contributed by atoms with Crippen LogP contribution in [0.5, 0.6) is 0 Å². The second-order valence-corrected chi connectivity index (χ2v) is 7.65. The Kier molecular flexibility index (Phi) is 6.41. The summed E-state index contributed by atoms with van der Waals surface area (Å²) in [4.78, 5) is 20.6. The third-order valence-corrected chi connectivity index (χ3v) is 5.36. The van der Waals surface area contributed by atoms with E-state index < -0.39 is 0 Å². The Bertz CT molecular complexity index is 448. The maximum absolute atomic E-state index is 12.5. The van der Waals surface area contributed by atoms with Crippen molar-refractivity contribution in [1.29, 1.82) is 0 Å². The number of carbonyl (C=O) groups is 1. The molecule has 2 rings (SSSR count). The number of piperazine rings is 1. The number of likely N-dealkylation sites (N-methyl/N-ethyl adjacent to an activating group) is 1. The molecule has 1 amide bonds. The van der Waals surface area contributed by atoms with Crippen LogP contribution in [0.2, 0.25) is 0 Å². The smallest absolute Gasteiger partial charge is 0.223 e. The molecule has 5 heteroatoms. The number of amides is 1. The molecule has 0 bridgehead atoms. The highest BCUT2D eigenvalue weighted by atomic mass is 32.1. The predicted molar refractivity (Wildman–Crippen MR) is 93.4 cm³/mol. The predicted octanol–water partition coefficient (Wildman–Crippen LogP) is 2.16. The van der Waals surface area contributed by atoms with E-state index in [-0.39, 0.29) is 0 Å². The third kappa shape index (κ3) is 4.80. The SMILES string of the molecule is CC1CN(C(=O)CCc2cccs2)CC(C)N1CCN(C)C. The minimum Gasteiger partial charge on any atom is -0.340 e. The molecule has 2 heterocycles. The van der Waals surface area contributed by atoms with Crippen molar-refractivity contribution in [3.05, 3.63) is 22.4 Å². The molecule has 1 aliphatic rings. The molecule has 0 radical (unpaired) electrons. The summed E-state index contributed by atoms with van der Waals surface area (Å²) in [5.74, 6) is 0.305. The van der Waals surface area contributed by atoms with E-state index in [0.717, 1.165) is 32.6 Å². The Morgan fingerprint density at radius 2 is 2.00 bits per heavy atom. The van der Waals surface area contributed by atoms with E-state index in [1.54, 1.807) is 11.3 Å². The molecule has 0 spiro atoms. The zero-order valence-corrected chi connectivity index (χ0v) is 15.1. The molecule has 1 aromatic rings. The van der Waals surface area contributed by atoms with Gasteiger partial charge in [-0.15, -0.1) is 11.3 Å². The van der Waals surface area contributed by atoms with Gasteiger partial charge in [-0.05, 0) is 45.8 Å². The molecule has 0 aliphatic carbocycles. The minimum atomic E-state index is 0.305. The summed E-state index contributed by atoms with van der Waals surface area (Å²) in [6.45, 7) is 8.35. The molecule has 0 aromatic carbocycles. The molecule has 2 unspecified atom stereocenters. The van der Waals surface area contributed by atoms with Gasteiger partial charge in [0.25, 0.3) is 0 Å². The topological polar surface area (TPSA) is 26.8 Å². The lowest BCUT2D eigenvalue weighted by molar-refractivity contribution is -0.135. The maximum Gasteiger partial charge on any atom is 0.223 e. The maximum atomic E-state index is 12.5. The molecule has 4 nitrogen and oxygen atoms in total. The minimum absolute atomic E-state index is 0.305. The molecule has 0 saturated carbocycles. The molecule has 2 atom stereocenters. The van der Waals surface area contributed by atoms with Crippen LogP contribution in [0.4, 0.5) is 0 Å². The molecule has 1 aromatic heterocycles. The highest BCUT2D eigenvalue weighted by molar-refractivity contribution is 7.09. The first kappa shape index (κ1) is 17.4. The molecule has 0 N–H and O–H groups in total. The zero-order valence-electron chi connectivity index (χ0n) is 14.3. The van der Waals surface area contributed by atoms with E-state index in [4.69, 9.17) is 0 Å². The fourth-order valence-electron chi connectivity index (χ4n) is 3.16. The second kappa shape index (κ2) is 8.09. The van der Waals surface area contributed by atoms with Crippen LogP contribution in [-0.4, -0.2) is 73.0 Å². The number of hydrogen-bond donors (Lipinski definition) is 0. The molecule has 22 heavy (non-hydrogen) atoms. The summed E-state index contributed by atoms with van der Waals surface area (Å²) in [7, 11) is 4.22. The first-order chi connectivity index (χ1) is 10.5. The van der Waals surface area contributed by atoms with Gasteiger partial charge in [0.15, 0.2) is 0 Å². The fraction of sp³-hybridized carbons (Fsp3) is 0.706. The number of hydrogen-bond acceptors (Lipinski definition) is 4. The molecule has 124 valence electrons. The van der Waals surface area contributed by atoms with Crippen molar-refractivity contribution in [3.63, 3.8) is 0 Å². The normalized spacial score (nSPS) is 23.2. The van der Waals surface area contributed by atoms with Crippen molar-refractivity contribution in [2.45, 2.75) is 38.8 Å². The van der Waals surface area contributed by atoms with Gasteiger partial charge in [-0.25, -0.2) is 0 Å². The summed E-state index contributed by atoms with van der Waals surface area (Å²) in [5.41, 5.74) is 0. The second-order valence-electron chi connectivity index (χ2n) is 6.62. The van der Waals surface area contributed by atoms with Crippen LogP contribution < -0.4 is 0 Å². The van der Waals surface area contributed by atoms with E-state index in [0.29, 0.717) is 24.4 Å². The first-order valence-corrected chi connectivity index (χ1v) is 9.06. The third-order valence-electron chi connectivity index (χ3n) is 4.43. The van der Waals surface area contributed by atoms with Gasteiger partial charge in [0.2, 0.25) is 5.91 Å². The standard InChI is InChI=1S/C17H29N3OS/c1-14-12-19(13-15(2)20(14)10-9-18(3)4)17(21)8-7-16-6-5-11-22-16/h5-6,11,14-15H,7-10,12-13H2,1-4H3. The van der Waals surface area contributed by atoms with Gasteiger partial charge in [0.05, 0.1) is 0 Å². The molecular weight excluding hydrogens is 294 g/mol. The van der Waals surface area contributed by atoms with Crippen LogP contribution in [-0.2, 0) is 11.2 Å². The molecule has 1 fully saturated rings. The van der Waals surface area contributed by atoms with Crippen molar-refractivity contribution < 1.29 is 4.79 Å². The van der Waals surface area contributed by atoms with Gasteiger partial charge >= 0.3 is 0 Å². The highest BCUT2D eigenvalue weighted by Crippen LogP contribution is 2.18. The number of thiophene rings is 1. The van der Waals surface area contributed by atoms with Gasteiger partial charge in [-0.2, -0.15) is 0 Å². The Morgan fingerprint density at radius 1 is 1.32 bits per heavy atom. The molecule has 1 saturated heterocycles. The van der Waals surface area contributed by atoms with Gasteiger partial charge < -0.3 is 9.80 Å². The van der Waals surface area contributed by atoms with Gasteiger partial charge in [-0.1, -0.05) is 6.07 Å². The van der Waals surface area contributed by atoms with Crippen LogP contribution in [0, 0.1) is 0 Å². The Morgan fingerprint density at radius 3 is 2.55 bits per heavy atom. The lowest BCUT2D eigenvalue weighted by Crippen LogP contribution is -2.59. The molecular formula is C17H29N3OS. The fourth-order valence-corrected chi connectivity index (χ4v) is 3.87. The Hall–Kier alpha value is -0.910. The van der Waals surface area contributed by atoms with Crippen molar-refractivity contribution >= 4 is 17.2 Å². The van der Waals surface area contributed by atoms with Gasteiger partial charge in [0, 0.05) is 49.6 Å². The lowest BCUT2D eigenvalue weighted by atomic mass is 10.1. The summed E-state index contributed by atoms with van der Waals surface area (Å²) in [6.07, 6.45) is 1.51. The molecule has 1 aliphatic heterocycles.